The van der Waals surface area contributed by atoms with Gasteiger partial charge in [0.25, 0.3) is 0 Å². The van der Waals surface area contributed by atoms with E-state index in [4.69, 9.17) is 4.74 Å². The molecule has 1 heterocycles. The van der Waals surface area contributed by atoms with Gasteiger partial charge in [0.05, 0.1) is 5.25 Å². The van der Waals surface area contributed by atoms with Crippen LogP contribution in [-0.4, -0.2) is 29.5 Å². The Balaban J connectivity index is 1.99. The number of hydrogen-bond acceptors (Lipinski definition) is 3. The Kier molecular flexibility index (Phi) is 5.06. The van der Waals surface area contributed by atoms with Crippen LogP contribution in [0.4, 0.5) is 0 Å². The Morgan fingerprint density at radius 3 is 2.58 bits per heavy atom. The standard InChI is InChI=1S/C16H22O2S/c1-11-4-5-14(10-12(11)2)16(17)13(3)19-15-6-8-18-9-7-15/h4-5,10,13,15H,6-9H2,1-3H3. The number of Topliss-reactive ketones (excluding diaryl/α,β-unsaturated/α-hetero) is 1. The molecule has 0 radical (unpaired) electrons. The van der Waals surface area contributed by atoms with Gasteiger partial charge in [-0.25, -0.2) is 0 Å². The number of rotatable bonds is 4. The summed E-state index contributed by atoms with van der Waals surface area (Å²) in [6, 6.07) is 6.00. The van der Waals surface area contributed by atoms with Gasteiger partial charge in [0.1, 0.15) is 0 Å². The van der Waals surface area contributed by atoms with E-state index in [0.717, 1.165) is 31.6 Å². The van der Waals surface area contributed by atoms with E-state index in [1.165, 1.54) is 11.1 Å². The molecule has 19 heavy (non-hydrogen) atoms. The van der Waals surface area contributed by atoms with Crippen LogP contribution in [0.2, 0.25) is 0 Å². The van der Waals surface area contributed by atoms with Crippen LogP contribution in [0.25, 0.3) is 0 Å². The molecule has 2 nitrogen and oxygen atoms in total. The third-order valence-electron chi connectivity index (χ3n) is 3.73. The highest BCUT2D eigenvalue weighted by atomic mass is 32.2. The second-order valence-corrected chi connectivity index (χ2v) is 6.90. The summed E-state index contributed by atoms with van der Waals surface area (Å²) >= 11 is 1.80. The second kappa shape index (κ2) is 6.58. The van der Waals surface area contributed by atoms with Crippen LogP contribution in [0.5, 0.6) is 0 Å². The molecule has 0 spiro atoms. The summed E-state index contributed by atoms with van der Waals surface area (Å²) in [7, 11) is 0. The van der Waals surface area contributed by atoms with Crippen molar-refractivity contribution in [2.24, 2.45) is 0 Å². The average Bonchev–Trinajstić information content (AvgIpc) is 2.42. The molecular weight excluding hydrogens is 256 g/mol. The van der Waals surface area contributed by atoms with Crippen molar-refractivity contribution in [2.45, 2.75) is 44.1 Å². The van der Waals surface area contributed by atoms with Crippen molar-refractivity contribution in [1.82, 2.24) is 0 Å². The van der Waals surface area contributed by atoms with Crippen molar-refractivity contribution in [1.29, 1.82) is 0 Å². The summed E-state index contributed by atoms with van der Waals surface area (Å²) in [5, 5.41) is 0.601. The number of ketones is 1. The number of thioether (sulfide) groups is 1. The molecule has 1 unspecified atom stereocenters. The zero-order valence-corrected chi connectivity index (χ0v) is 12.8. The molecule has 2 rings (SSSR count). The molecule has 1 atom stereocenters. The lowest BCUT2D eigenvalue weighted by Crippen LogP contribution is -2.23. The van der Waals surface area contributed by atoms with E-state index in [1.807, 2.05) is 25.1 Å². The van der Waals surface area contributed by atoms with Crippen LogP contribution in [0, 0.1) is 13.8 Å². The Bertz CT molecular complexity index is 450. The first-order valence-electron chi connectivity index (χ1n) is 6.92. The monoisotopic (exact) mass is 278 g/mol. The topological polar surface area (TPSA) is 26.3 Å². The molecule has 104 valence electrons. The van der Waals surface area contributed by atoms with E-state index in [1.54, 1.807) is 11.8 Å². The van der Waals surface area contributed by atoms with Crippen molar-refractivity contribution >= 4 is 17.5 Å². The molecule has 1 aromatic rings. The number of carbonyl (C=O) groups is 1. The molecule has 3 heteroatoms. The first-order chi connectivity index (χ1) is 9.08. The predicted molar refractivity (Wildman–Crippen MR) is 81.1 cm³/mol. The molecule has 0 amide bonds. The number of benzene rings is 1. The Labute approximate surface area is 119 Å². The van der Waals surface area contributed by atoms with Crippen LogP contribution in [0.3, 0.4) is 0 Å². The molecule has 1 aliphatic rings. The van der Waals surface area contributed by atoms with E-state index >= 15 is 0 Å². The quantitative estimate of drug-likeness (QED) is 0.784. The van der Waals surface area contributed by atoms with Gasteiger partial charge in [0, 0.05) is 24.0 Å². The zero-order chi connectivity index (χ0) is 13.8. The maximum atomic E-state index is 12.4. The zero-order valence-electron chi connectivity index (χ0n) is 11.9. The van der Waals surface area contributed by atoms with Gasteiger partial charge in [0.2, 0.25) is 0 Å². The van der Waals surface area contributed by atoms with Crippen molar-refractivity contribution in [3.63, 3.8) is 0 Å². The van der Waals surface area contributed by atoms with Crippen LogP contribution in [0.15, 0.2) is 18.2 Å². The van der Waals surface area contributed by atoms with Gasteiger partial charge in [-0.2, -0.15) is 0 Å². The molecule has 1 saturated heterocycles. The third-order valence-corrected chi connectivity index (χ3v) is 5.20. The fraction of sp³-hybridized carbons (Fsp3) is 0.562. The van der Waals surface area contributed by atoms with Gasteiger partial charge in [-0.3, -0.25) is 4.79 Å². The summed E-state index contributed by atoms with van der Waals surface area (Å²) in [6.07, 6.45) is 2.13. The number of aryl methyl sites for hydroxylation is 2. The highest BCUT2D eigenvalue weighted by molar-refractivity contribution is 8.01. The lowest BCUT2D eigenvalue weighted by molar-refractivity contribution is 0.0974. The van der Waals surface area contributed by atoms with E-state index in [2.05, 4.69) is 13.8 Å². The molecule has 0 saturated carbocycles. The lowest BCUT2D eigenvalue weighted by Gasteiger charge is -2.24. The van der Waals surface area contributed by atoms with Gasteiger partial charge in [-0.1, -0.05) is 12.1 Å². The summed E-state index contributed by atoms with van der Waals surface area (Å²) in [4.78, 5) is 12.4. The fourth-order valence-corrected chi connectivity index (χ4v) is 3.59. The number of hydrogen-bond donors (Lipinski definition) is 0. The van der Waals surface area contributed by atoms with Crippen LogP contribution in [0.1, 0.15) is 41.3 Å². The molecule has 0 aliphatic carbocycles. The Morgan fingerprint density at radius 1 is 1.26 bits per heavy atom. The molecule has 0 aromatic heterocycles. The van der Waals surface area contributed by atoms with Gasteiger partial charge >= 0.3 is 0 Å². The normalized spacial score (nSPS) is 18.3. The Hall–Kier alpha value is -0.800. The van der Waals surface area contributed by atoms with Crippen molar-refractivity contribution in [3.8, 4) is 0 Å². The first-order valence-corrected chi connectivity index (χ1v) is 7.87. The summed E-state index contributed by atoms with van der Waals surface area (Å²) < 4.78 is 5.36. The first kappa shape index (κ1) is 14.6. The minimum atomic E-state index is 0.0326. The molecule has 1 aromatic carbocycles. The van der Waals surface area contributed by atoms with Crippen LogP contribution in [-0.2, 0) is 4.74 Å². The highest BCUT2D eigenvalue weighted by Gasteiger charge is 2.22. The van der Waals surface area contributed by atoms with Crippen LogP contribution < -0.4 is 0 Å². The van der Waals surface area contributed by atoms with E-state index < -0.39 is 0 Å². The van der Waals surface area contributed by atoms with Gasteiger partial charge in [-0.05, 0) is 50.8 Å². The maximum Gasteiger partial charge on any atom is 0.175 e. The van der Waals surface area contributed by atoms with E-state index in [0.29, 0.717) is 5.25 Å². The van der Waals surface area contributed by atoms with Gasteiger partial charge in [-0.15, -0.1) is 11.8 Å². The summed E-state index contributed by atoms with van der Waals surface area (Å²) in [5.41, 5.74) is 3.27. The minimum absolute atomic E-state index is 0.0326. The smallest absolute Gasteiger partial charge is 0.175 e. The molecule has 0 N–H and O–H groups in total. The largest absolute Gasteiger partial charge is 0.381 e. The number of ether oxygens (including phenoxy) is 1. The van der Waals surface area contributed by atoms with Crippen LogP contribution >= 0.6 is 11.8 Å². The third kappa shape index (κ3) is 3.83. The molecule has 0 bridgehead atoms. The lowest BCUT2D eigenvalue weighted by atomic mass is 10.0. The SMILES string of the molecule is Cc1ccc(C(=O)C(C)SC2CCOCC2)cc1C. The van der Waals surface area contributed by atoms with E-state index in [9.17, 15) is 4.79 Å². The molecule has 1 aliphatic heterocycles. The highest BCUT2D eigenvalue weighted by Crippen LogP contribution is 2.28. The fourth-order valence-electron chi connectivity index (χ4n) is 2.29. The molecular formula is C16H22O2S. The maximum absolute atomic E-state index is 12.4. The second-order valence-electron chi connectivity index (χ2n) is 5.25. The van der Waals surface area contributed by atoms with Crippen molar-refractivity contribution in [3.05, 3.63) is 34.9 Å². The predicted octanol–water partition coefficient (Wildman–Crippen LogP) is 3.79. The van der Waals surface area contributed by atoms with Gasteiger partial charge < -0.3 is 4.74 Å². The van der Waals surface area contributed by atoms with Gasteiger partial charge in [0.15, 0.2) is 5.78 Å². The molecule has 1 fully saturated rings. The van der Waals surface area contributed by atoms with E-state index in [-0.39, 0.29) is 11.0 Å². The van der Waals surface area contributed by atoms with Crippen molar-refractivity contribution < 1.29 is 9.53 Å². The average molecular weight is 278 g/mol. The minimum Gasteiger partial charge on any atom is -0.381 e. The number of carbonyl (C=O) groups excluding carboxylic acids is 1. The summed E-state index contributed by atoms with van der Waals surface area (Å²) in [6.45, 7) is 7.83. The summed E-state index contributed by atoms with van der Waals surface area (Å²) in [5.74, 6) is 0.250. The Morgan fingerprint density at radius 2 is 1.95 bits per heavy atom. The van der Waals surface area contributed by atoms with Crippen molar-refractivity contribution in [2.75, 3.05) is 13.2 Å².